The van der Waals surface area contributed by atoms with E-state index in [-0.39, 0.29) is 5.78 Å². The first kappa shape index (κ1) is 17.0. The predicted octanol–water partition coefficient (Wildman–Crippen LogP) is 3.94. The maximum Gasteiger partial charge on any atom is 0.177 e. The number of ketones is 1. The number of carbonyl (C=O) groups is 1. The molecule has 0 aliphatic carbocycles. The monoisotopic (exact) mass is 357 g/mol. The van der Waals surface area contributed by atoms with Crippen molar-refractivity contribution in [3.63, 3.8) is 0 Å². The summed E-state index contributed by atoms with van der Waals surface area (Å²) in [5.41, 5.74) is 0.907. The largest absolute Gasteiger partial charge is 0.357 e. The van der Waals surface area contributed by atoms with Gasteiger partial charge in [-0.3, -0.25) is 4.79 Å². The van der Waals surface area contributed by atoms with Crippen molar-refractivity contribution in [1.29, 1.82) is 10.5 Å². The molecule has 0 aromatic heterocycles. The van der Waals surface area contributed by atoms with Gasteiger partial charge in [0.25, 0.3) is 0 Å². The third kappa shape index (κ3) is 2.29. The maximum absolute atomic E-state index is 13.5. The molecule has 4 nitrogen and oxygen atoms in total. The summed E-state index contributed by atoms with van der Waals surface area (Å²) in [6.45, 7) is 1.47. The van der Waals surface area contributed by atoms with E-state index < -0.39 is 29.2 Å². The molecule has 2 aromatic carbocycles. The van der Waals surface area contributed by atoms with Gasteiger partial charge in [0.2, 0.25) is 0 Å². The van der Waals surface area contributed by atoms with Crippen LogP contribution in [0.1, 0.15) is 35.6 Å². The van der Waals surface area contributed by atoms with Crippen molar-refractivity contribution in [3.05, 3.63) is 77.2 Å². The van der Waals surface area contributed by atoms with E-state index in [0.717, 1.165) is 11.1 Å². The molecule has 4 rings (SSSR count). The number of nitriles is 2. The van der Waals surface area contributed by atoms with Gasteiger partial charge >= 0.3 is 0 Å². The SMILES string of the molecule is CC(=O)[C@H]1[C@@H](c2ccc(F)cc2)C(C#N)(C#N)[C@H]2c3ccccc3C=CN12. The quantitative estimate of drug-likeness (QED) is 0.816. The summed E-state index contributed by atoms with van der Waals surface area (Å²) in [5.74, 6) is -1.23. The summed E-state index contributed by atoms with van der Waals surface area (Å²) in [4.78, 5) is 14.4. The van der Waals surface area contributed by atoms with Crippen molar-refractivity contribution in [3.8, 4) is 12.1 Å². The van der Waals surface area contributed by atoms with Gasteiger partial charge < -0.3 is 4.90 Å². The second-order valence-corrected chi connectivity index (χ2v) is 6.97. The zero-order valence-corrected chi connectivity index (χ0v) is 14.6. The van der Waals surface area contributed by atoms with E-state index >= 15 is 0 Å². The fraction of sp³-hybridized carbons (Fsp3) is 0.227. The lowest BCUT2D eigenvalue weighted by Crippen LogP contribution is -2.36. The molecule has 2 aliphatic rings. The lowest BCUT2D eigenvalue weighted by molar-refractivity contribution is -0.121. The normalized spacial score (nSPS) is 24.4. The van der Waals surface area contributed by atoms with Gasteiger partial charge in [-0.1, -0.05) is 36.4 Å². The summed E-state index contributed by atoms with van der Waals surface area (Å²) in [7, 11) is 0. The summed E-state index contributed by atoms with van der Waals surface area (Å²) in [5, 5.41) is 20.3. The maximum atomic E-state index is 13.5. The fourth-order valence-corrected chi connectivity index (χ4v) is 4.50. The second kappa shape index (κ2) is 6.07. The van der Waals surface area contributed by atoms with Gasteiger partial charge in [0.1, 0.15) is 5.82 Å². The molecule has 0 spiro atoms. The van der Waals surface area contributed by atoms with E-state index in [1.807, 2.05) is 35.2 Å². The van der Waals surface area contributed by atoms with Crippen LogP contribution in [0, 0.1) is 33.9 Å². The summed E-state index contributed by atoms with van der Waals surface area (Å²) < 4.78 is 13.5. The number of nitrogens with zero attached hydrogens (tertiary/aromatic N) is 3. The third-order valence-corrected chi connectivity index (χ3v) is 5.59. The number of hydrogen-bond acceptors (Lipinski definition) is 4. The van der Waals surface area contributed by atoms with Crippen LogP contribution in [0.4, 0.5) is 4.39 Å². The van der Waals surface area contributed by atoms with Crippen LogP contribution in [-0.2, 0) is 4.79 Å². The lowest BCUT2D eigenvalue weighted by Gasteiger charge is -2.34. The number of Topliss-reactive ketones (excluding diaryl/α,β-unsaturated/α-hetero) is 1. The van der Waals surface area contributed by atoms with Crippen molar-refractivity contribution in [2.24, 2.45) is 5.41 Å². The molecule has 0 N–H and O–H groups in total. The van der Waals surface area contributed by atoms with Gasteiger partial charge in [-0.2, -0.15) is 10.5 Å². The Kier molecular flexibility index (Phi) is 3.82. The Morgan fingerprint density at radius 2 is 1.78 bits per heavy atom. The van der Waals surface area contributed by atoms with Crippen LogP contribution >= 0.6 is 0 Å². The van der Waals surface area contributed by atoms with E-state index in [2.05, 4.69) is 12.1 Å². The molecule has 2 aliphatic heterocycles. The first-order valence-corrected chi connectivity index (χ1v) is 8.66. The highest BCUT2D eigenvalue weighted by atomic mass is 19.1. The van der Waals surface area contributed by atoms with E-state index in [1.165, 1.54) is 19.1 Å². The number of carbonyl (C=O) groups excluding carboxylic acids is 1. The van der Waals surface area contributed by atoms with Crippen LogP contribution in [0.25, 0.3) is 6.08 Å². The van der Waals surface area contributed by atoms with Crippen molar-refractivity contribution < 1.29 is 9.18 Å². The molecule has 3 atom stereocenters. The molecule has 2 aromatic rings. The van der Waals surface area contributed by atoms with E-state index in [9.17, 15) is 19.7 Å². The second-order valence-electron chi connectivity index (χ2n) is 6.97. The molecule has 27 heavy (non-hydrogen) atoms. The molecule has 0 amide bonds. The van der Waals surface area contributed by atoms with Crippen LogP contribution in [0.3, 0.4) is 0 Å². The molecule has 0 saturated carbocycles. The van der Waals surface area contributed by atoms with Gasteiger partial charge in [-0.05, 0) is 41.8 Å². The lowest BCUT2D eigenvalue weighted by atomic mass is 9.68. The Labute approximate surface area is 156 Å². The smallest absolute Gasteiger partial charge is 0.177 e. The van der Waals surface area contributed by atoms with Crippen LogP contribution in [0.2, 0.25) is 0 Å². The summed E-state index contributed by atoms with van der Waals surface area (Å²) in [6.07, 6.45) is 3.69. The van der Waals surface area contributed by atoms with Gasteiger partial charge in [0, 0.05) is 12.1 Å². The van der Waals surface area contributed by atoms with Crippen LogP contribution < -0.4 is 0 Å². The van der Waals surface area contributed by atoms with E-state index in [1.54, 1.807) is 18.3 Å². The molecule has 2 heterocycles. The highest BCUT2D eigenvalue weighted by Gasteiger charge is 2.63. The molecule has 0 bridgehead atoms. The molecular formula is C22H16FN3O. The summed E-state index contributed by atoms with van der Waals surface area (Å²) in [6, 6.07) is 16.5. The number of fused-ring (bicyclic) bond motifs is 3. The van der Waals surface area contributed by atoms with E-state index in [0.29, 0.717) is 5.56 Å². The van der Waals surface area contributed by atoms with Crippen molar-refractivity contribution in [2.45, 2.75) is 24.9 Å². The fourth-order valence-electron chi connectivity index (χ4n) is 4.50. The zero-order valence-electron chi connectivity index (χ0n) is 14.6. The number of rotatable bonds is 2. The Morgan fingerprint density at radius 3 is 2.41 bits per heavy atom. The predicted molar refractivity (Wildman–Crippen MR) is 97.3 cm³/mol. The number of halogens is 1. The Hall–Kier alpha value is -3.44. The summed E-state index contributed by atoms with van der Waals surface area (Å²) >= 11 is 0. The van der Waals surface area contributed by atoms with Crippen LogP contribution in [0.5, 0.6) is 0 Å². The highest BCUT2D eigenvalue weighted by molar-refractivity contribution is 5.85. The zero-order chi connectivity index (χ0) is 19.2. The molecule has 132 valence electrons. The van der Waals surface area contributed by atoms with Crippen LogP contribution in [0.15, 0.2) is 54.7 Å². The Balaban J connectivity index is 2.00. The van der Waals surface area contributed by atoms with Crippen molar-refractivity contribution >= 4 is 11.9 Å². The molecule has 1 saturated heterocycles. The molecule has 1 fully saturated rings. The first-order valence-electron chi connectivity index (χ1n) is 8.66. The standard InChI is InChI=1S/C22H16FN3O/c1-14(27)20-19(16-6-8-17(23)9-7-16)22(12-24,13-25)21-18-5-3-2-4-15(18)10-11-26(20)21/h2-11,19-21H,1H3/t19-,20+,21-/m1/s1. The van der Waals surface area contributed by atoms with Gasteiger partial charge in [0.05, 0.1) is 24.2 Å². The minimum absolute atomic E-state index is 0.134. The number of benzene rings is 2. The average Bonchev–Trinajstić information content (AvgIpc) is 3.00. The van der Waals surface area contributed by atoms with Crippen LogP contribution in [-0.4, -0.2) is 16.7 Å². The number of hydrogen-bond donors (Lipinski definition) is 0. The van der Waals surface area contributed by atoms with E-state index in [4.69, 9.17) is 0 Å². The highest BCUT2D eigenvalue weighted by Crippen LogP contribution is 2.59. The van der Waals surface area contributed by atoms with Crippen molar-refractivity contribution in [2.75, 3.05) is 0 Å². The van der Waals surface area contributed by atoms with Gasteiger partial charge in [-0.15, -0.1) is 0 Å². The first-order chi connectivity index (χ1) is 13.0. The minimum Gasteiger partial charge on any atom is -0.357 e. The Morgan fingerprint density at radius 1 is 1.11 bits per heavy atom. The van der Waals surface area contributed by atoms with Gasteiger partial charge in [-0.25, -0.2) is 4.39 Å². The third-order valence-electron chi connectivity index (χ3n) is 5.59. The molecule has 0 radical (unpaired) electrons. The molecule has 0 unspecified atom stereocenters. The Bertz CT molecular complexity index is 1010. The molecule has 5 heteroatoms. The average molecular weight is 357 g/mol. The van der Waals surface area contributed by atoms with Crippen molar-refractivity contribution in [1.82, 2.24) is 4.90 Å². The minimum atomic E-state index is -1.48. The van der Waals surface area contributed by atoms with Gasteiger partial charge in [0.15, 0.2) is 11.2 Å². The molecular weight excluding hydrogens is 341 g/mol. The topological polar surface area (TPSA) is 67.9 Å².